The van der Waals surface area contributed by atoms with Crippen LogP contribution >= 0.6 is 0 Å². The average Bonchev–Trinajstić information content (AvgIpc) is 2.15. The van der Waals surface area contributed by atoms with Crippen molar-refractivity contribution >= 4 is 5.97 Å². The van der Waals surface area contributed by atoms with Gasteiger partial charge in [-0.3, -0.25) is 9.69 Å². The number of phenols is 1. The van der Waals surface area contributed by atoms with Crippen molar-refractivity contribution in [1.29, 1.82) is 0 Å². The summed E-state index contributed by atoms with van der Waals surface area (Å²) in [4.78, 5) is 12.6. The number of phenolic OH excluding ortho intramolecular Hbond substituents is 1. The molecule has 1 rings (SSSR count). The SMILES string of the molecule is CN(C)[C@@H](Cc1ccccc1O)C(=O)O. The minimum atomic E-state index is -0.886. The first-order valence-corrected chi connectivity index (χ1v) is 4.68. The van der Waals surface area contributed by atoms with Crippen molar-refractivity contribution in [3.05, 3.63) is 29.8 Å². The number of nitrogens with zero attached hydrogens (tertiary/aromatic N) is 1. The molecule has 0 spiro atoms. The molecule has 0 heterocycles. The Morgan fingerprint density at radius 2 is 2.00 bits per heavy atom. The van der Waals surface area contributed by atoms with Crippen LogP contribution in [-0.4, -0.2) is 41.2 Å². The molecule has 4 nitrogen and oxygen atoms in total. The summed E-state index contributed by atoms with van der Waals surface area (Å²) in [5.41, 5.74) is 0.651. The predicted molar refractivity (Wildman–Crippen MR) is 56.9 cm³/mol. The Hall–Kier alpha value is -1.55. The largest absolute Gasteiger partial charge is 0.508 e. The van der Waals surface area contributed by atoms with E-state index in [0.717, 1.165) is 0 Å². The minimum Gasteiger partial charge on any atom is -0.508 e. The van der Waals surface area contributed by atoms with Crippen molar-refractivity contribution in [2.75, 3.05) is 14.1 Å². The molecule has 1 atom stereocenters. The maximum atomic E-state index is 10.9. The van der Waals surface area contributed by atoms with Crippen LogP contribution < -0.4 is 0 Å². The molecule has 0 unspecified atom stereocenters. The van der Waals surface area contributed by atoms with Crippen molar-refractivity contribution in [2.24, 2.45) is 0 Å². The molecule has 0 aliphatic carbocycles. The number of likely N-dealkylation sites (N-methyl/N-ethyl adjacent to an activating group) is 1. The maximum absolute atomic E-state index is 10.9. The van der Waals surface area contributed by atoms with Gasteiger partial charge in [0, 0.05) is 6.42 Å². The van der Waals surface area contributed by atoms with Crippen LogP contribution in [0, 0.1) is 0 Å². The van der Waals surface area contributed by atoms with Gasteiger partial charge in [0.05, 0.1) is 0 Å². The topological polar surface area (TPSA) is 60.8 Å². The van der Waals surface area contributed by atoms with Crippen LogP contribution in [0.1, 0.15) is 5.56 Å². The number of aromatic hydroxyl groups is 1. The van der Waals surface area contributed by atoms with Gasteiger partial charge in [0.25, 0.3) is 0 Å². The zero-order valence-corrected chi connectivity index (χ0v) is 8.84. The number of carbonyl (C=O) groups is 1. The molecule has 0 fully saturated rings. The van der Waals surface area contributed by atoms with Crippen molar-refractivity contribution in [3.63, 3.8) is 0 Å². The molecular formula is C11H15NO3. The van der Waals surface area contributed by atoms with Gasteiger partial charge in [-0.2, -0.15) is 0 Å². The summed E-state index contributed by atoms with van der Waals surface area (Å²) in [6, 6.07) is 6.17. The first kappa shape index (κ1) is 11.5. The van der Waals surface area contributed by atoms with Crippen LogP contribution in [0.25, 0.3) is 0 Å². The molecule has 1 aromatic rings. The summed E-state index contributed by atoms with van der Waals surface area (Å²) in [6.07, 6.45) is 0.301. The number of aliphatic carboxylic acids is 1. The fraction of sp³-hybridized carbons (Fsp3) is 0.364. The van der Waals surface area contributed by atoms with E-state index < -0.39 is 12.0 Å². The van der Waals surface area contributed by atoms with Gasteiger partial charge < -0.3 is 10.2 Å². The molecule has 82 valence electrons. The van der Waals surface area contributed by atoms with Gasteiger partial charge in [-0.1, -0.05) is 18.2 Å². The van der Waals surface area contributed by atoms with Crippen LogP contribution in [0.15, 0.2) is 24.3 Å². The fourth-order valence-corrected chi connectivity index (χ4v) is 1.38. The van der Waals surface area contributed by atoms with Gasteiger partial charge in [-0.05, 0) is 25.7 Å². The van der Waals surface area contributed by atoms with Crippen LogP contribution in [0.5, 0.6) is 5.75 Å². The third-order valence-corrected chi connectivity index (χ3v) is 2.31. The smallest absolute Gasteiger partial charge is 0.321 e. The lowest BCUT2D eigenvalue weighted by molar-refractivity contribution is -0.142. The summed E-state index contributed by atoms with van der Waals surface area (Å²) in [5, 5.41) is 18.5. The van der Waals surface area contributed by atoms with E-state index in [4.69, 9.17) is 5.11 Å². The van der Waals surface area contributed by atoms with E-state index in [9.17, 15) is 9.90 Å². The Morgan fingerprint density at radius 3 is 2.47 bits per heavy atom. The summed E-state index contributed by atoms with van der Waals surface area (Å²) >= 11 is 0. The molecular weight excluding hydrogens is 194 g/mol. The lowest BCUT2D eigenvalue weighted by Crippen LogP contribution is -2.37. The average molecular weight is 209 g/mol. The molecule has 0 radical (unpaired) electrons. The van der Waals surface area contributed by atoms with Crippen molar-refractivity contribution in [3.8, 4) is 5.75 Å². The van der Waals surface area contributed by atoms with Crippen LogP contribution in [0.2, 0.25) is 0 Å². The van der Waals surface area contributed by atoms with Gasteiger partial charge in [-0.15, -0.1) is 0 Å². The normalized spacial score (nSPS) is 12.7. The highest BCUT2D eigenvalue weighted by atomic mass is 16.4. The Labute approximate surface area is 88.8 Å². The second-order valence-corrected chi connectivity index (χ2v) is 3.65. The second-order valence-electron chi connectivity index (χ2n) is 3.65. The molecule has 0 saturated carbocycles. The number of para-hydroxylation sites is 1. The molecule has 0 amide bonds. The lowest BCUT2D eigenvalue weighted by atomic mass is 10.0. The fourth-order valence-electron chi connectivity index (χ4n) is 1.38. The van der Waals surface area contributed by atoms with E-state index in [1.165, 1.54) is 0 Å². The van der Waals surface area contributed by atoms with E-state index in [-0.39, 0.29) is 5.75 Å². The quantitative estimate of drug-likeness (QED) is 0.775. The number of hydrogen-bond acceptors (Lipinski definition) is 3. The third-order valence-electron chi connectivity index (χ3n) is 2.31. The van der Waals surface area contributed by atoms with Crippen LogP contribution in [-0.2, 0) is 11.2 Å². The predicted octanol–water partition coefficient (Wildman–Crippen LogP) is 0.950. The van der Waals surface area contributed by atoms with Gasteiger partial charge in [0.15, 0.2) is 0 Å². The lowest BCUT2D eigenvalue weighted by Gasteiger charge is -2.20. The molecule has 0 saturated heterocycles. The minimum absolute atomic E-state index is 0.144. The third kappa shape index (κ3) is 2.95. The Bertz CT molecular complexity index is 349. The highest BCUT2D eigenvalue weighted by Crippen LogP contribution is 2.18. The number of benzene rings is 1. The molecule has 0 bridgehead atoms. The van der Waals surface area contributed by atoms with Gasteiger partial charge in [0.2, 0.25) is 0 Å². The van der Waals surface area contributed by atoms with E-state index in [0.29, 0.717) is 12.0 Å². The van der Waals surface area contributed by atoms with Crippen molar-refractivity contribution in [2.45, 2.75) is 12.5 Å². The zero-order chi connectivity index (χ0) is 11.4. The molecule has 0 aromatic heterocycles. The van der Waals surface area contributed by atoms with Crippen LogP contribution in [0.3, 0.4) is 0 Å². The molecule has 2 N–H and O–H groups in total. The zero-order valence-electron chi connectivity index (χ0n) is 8.84. The van der Waals surface area contributed by atoms with E-state index >= 15 is 0 Å². The first-order chi connectivity index (χ1) is 7.02. The number of carboxylic acid groups (broad SMARTS) is 1. The highest BCUT2D eigenvalue weighted by molar-refractivity contribution is 5.74. The monoisotopic (exact) mass is 209 g/mol. The molecule has 0 aliphatic heterocycles. The van der Waals surface area contributed by atoms with Gasteiger partial charge in [0.1, 0.15) is 11.8 Å². The number of carboxylic acids is 1. The van der Waals surface area contributed by atoms with Crippen molar-refractivity contribution in [1.82, 2.24) is 4.90 Å². The molecule has 1 aromatic carbocycles. The maximum Gasteiger partial charge on any atom is 0.321 e. The summed E-state index contributed by atoms with van der Waals surface area (Å²) in [6.45, 7) is 0. The van der Waals surface area contributed by atoms with Crippen molar-refractivity contribution < 1.29 is 15.0 Å². The molecule has 4 heteroatoms. The summed E-state index contributed by atoms with van der Waals surface area (Å²) in [7, 11) is 3.41. The van der Waals surface area contributed by atoms with E-state index in [1.54, 1.807) is 43.3 Å². The number of rotatable bonds is 4. The van der Waals surface area contributed by atoms with E-state index in [2.05, 4.69) is 0 Å². The standard InChI is InChI=1S/C11H15NO3/c1-12(2)9(11(14)15)7-8-5-3-4-6-10(8)13/h3-6,9,13H,7H2,1-2H3,(H,14,15)/t9-/m0/s1. The Kier molecular flexibility index (Phi) is 3.68. The van der Waals surface area contributed by atoms with Gasteiger partial charge >= 0.3 is 5.97 Å². The van der Waals surface area contributed by atoms with Gasteiger partial charge in [-0.25, -0.2) is 0 Å². The second kappa shape index (κ2) is 4.79. The first-order valence-electron chi connectivity index (χ1n) is 4.68. The Morgan fingerprint density at radius 1 is 1.40 bits per heavy atom. The van der Waals surface area contributed by atoms with E-state index in [1.807, 2.05) is 0 Å². The summed E-state index contributed by atoms with van der Waals surface area (Å²) < 4.78 is 0. The Balaban J connectivity index is 2.84. The molecule has 0 aliphatic rings. The molecule has 15 heavy (non-hydrogen) atoms. The summed E-state index contributed by atoms with van der Waals surface area (Å²) in [5.74, 6) is -0.742. The van der Waals surface area contributed by atoms with Crippen LogP contribution in [0.4, 0.5) is 0 Å². The number of hydrogen-bond donors (Lipinski definition) is 2. The highest BCUT2D eigenvalue weighted by Gasteiger charge is 2.21.